The summed E-state index contributed by atoms with van der Waals surface area (Å²) < 4.78 is 5.42. The summed E-state index contributed by atoms with van der Waals surface area (Å²) in [6, 6.07) is 7.94. The summed E-state index contributed by atoms with van der Waals surface area (Å²) in [5.41, 5.74) is 1.47. The first-order valence-electron chi connectivity index (χ1n) is 10.0. The molecule has 1 unspecified atom stereocenters. The molecule has 2 N–H and O–H groups in total. The van der Waals surface area contributed by atoms with Crippen LogP contribution in [0.4, 0.5) is 4.79 Å². The molecule has 0 radical (unpaired) electrons. The van der Waals surface area contributed by atoms with E-state index in [0.29, 0.717) is 19.6 Å². The number of aryl methyl sites for hydroxylation is 1. The molecule has 0 saturated carbocycles. The summed E-state index contributed by atoms with van der Waals surface area (Å²) in [7, 11) is 0. The monoisotopic (exact) mass is 386 g/mol. The van der Waals surface area contributed by atoms with Gasteiger partial charge in [-0.15, -0.1) is 0 Å². The number of nitrogens with zero attached hydrogens (tertiary/aromatic N) is 2. The molecule has 2 amide bonds. The molecule has 1 atom stereocenters. The number of fused-ring (bicyclic) bond motifs is 1. The summed E-state index contributed by atoms with van der Waals surface area (Å²) in [4.78, 5) is 34.2. The molecule has 1 aromatic carbocycles. The lowest BCUT2D eigenvalue weighted by atomic mass is 9.97. The van der Waals surface area contributed by atoms with Crippen molar-refractivity contribution in [3.63, 3.8) is 0 Å². The highest BCUT2D eigenvalue weighted by molar-refractivity contribution is 5.80. The minimum atomic E-state index is -0.525. The van der Waals surface area contributed by atoms with E-state index in [1.165, 1.54) is 0 Å². The van der Waals surface area contributed by atoms with Crippen LogP contribution in [0.25, 0.3) is 11.0 Å². The zero-order valence-electron chi connectivity index (χ0n) is 17.0. The number of nitrogens with one attached hydrogen (secondary N) is 2. The first-order chi connectivity index (χ1) is 13.3. The van der Waals surface area contributed by atoms with Crippen LogP contribution in [-0.2, 0) is 16.0 Å². The number of piperidine rings is 1. The van der Waals surface area contributed by atoms with E-state index in [2.05, 4.69) is 15.3 Å². The number of benzene rings is 1. The number of imidazole rings is 1. The summed E-state index contributed by atoms with van der Waals surface area (Å²) in [6.07, 6.45) is 2.87. The number of carbonyl (C=O) groups excluding carboxylic acids is 2. The smallest absolute Gasteiger partial charge is 0.410 e. The number of likely N-dealkylation sites (tertiary alicyclic amines) is 1. The molecule has 152 valence electrons. The molecule has 0 bridgehead atoms. The van der Waals surface area contributed by atoms with Crippen molar-refractivity contribution in [3.8, 4) is 0 Å². The Labute approximate surface area is 165 Å². The van der Waals surface area contributed by atoms with Crippen LogP contribution in [0.2, 0.25) is 0 Å². The quantitative estimate of drug-likeness (QED) is 0.772. The summed E-state index contributed by atoms with van der Waals surface area (Å²) in [5.74, 6) is 0.773. The Morgan fingerprint density at radius 2 is 2.11 bits per heavy atom. The summed E-state index contributed by atoms with van der Waals surface area (Å²) >= 11 is 0. The maximum atomic E-state index is 12.5. The predicted molar refractivity (Wildman–Crippen MR) is 108 cm³/mol. The minimum absolute atomic E-state index is 0.0119. The summed E-state index contributed by atoms with van der Waals surface area (Å²) in [5, 5.41) is 3.00. The van der Waals surface area contributed by atoms with Gasteiger partial charge in [0.25, 0.3) is 0 Å². The number of hydrogen-bond acceptors (Lipinski definition) is 4. The number of para-hydroxylation sites is 2. The van der Waals surface area contributed by atoms with Crippen LogP contribution < -0.4 is 5.32 Å². The first-order valence-corrected chi connectivity index (χ1v) is 10.0. The number of amides is 2. The number of aromatic nitrogens is 2. The number of hydrogen-bond donors (Lipinski definition) is 2. The molecule has 0 spiro atoms. The zero-order valence-corrected chi connectivity index (χ0v) is 17.0. The van der Waals surface area contributed by atoms with Crippen molar-refractivity contribution in [2.24, 2.45) is 5.92 Å². The third-order valence-electron chi connectivity index (χ3n) is 4.77. The Morgan fingerprint density at radius 3 is 2.86 bits per heavy atom. The predicted octanol–water partition coefficient (Wildman–Crippen LogP) is 3.26. The van der Waals surface area contributed by atoms with Crippen molar-refractivity contribution in [1.29, 1.82) is 0 Å². The highest BCUT2D eigenvalue weighted by atomic mass is 16.6. The maximum Gasteiger partial charge on any atom is 0.410 e. The number of rotatable bonds is 5. The van der Waals surface area contributed by atoms with Gasteiger partial charge in [-0.25, -0.2) is 9.78 Å². The Hall–Kier alpha value is -2.57. The van der Waals surface area contributed by atoms with Gasteiger partial charge < -0.3 is 19.9 Å². The molecule has 1 saturated heterocycles. The molecule has 28 heavy (non-hydrogen) atoms. The van der Waals surface area contributed by atoms with Gasteiger partial charge in [0.1, 0.15) is 11.4 Å². The van der Waals surface area contributed by atoms with Crippen molar-refractivity contribution in [3.05, 3.63) is 30.1 Å². The van der Waals surface area contributed by atoms with E-state index in [-0.39, 0.29) is 17.9 Å². The van der Waals surface area contributed by atoms with Gasteiger partial charge >= 0.3 is 6.09 Å². The highest BCUT2D eigenvalue weighted by Crippen LogP contribution is 2.19. The van der Waals surface area contributed by atoms with Crippen LogP contribution in [0.5, 0.6) is 0 Å². The van der Waals surface area contributed by atoms with Crippen LogP contribution >= 0.6 is 0 Å². The van der Waals surface area contributed by atoms with Gasteiger partial charge in [-0.2, -0.15) is 0 Å². The Kier molecular flexibility index (Phi) is 6.21. The topological polar surface area (TPSA) is 87.3 Å². The molecule has 7 nitrogen and oxygen atoms in total. The second kappa shape index (κ2) is 8.63. The highest BCUT2D eigenvalue weighted by Gasteiger charge is 2.30. The van der Waals surface area contributed by atoms with Gasteiger partial charge in [0.05, 0.1) is 17.0 Å². The van der Waals surface area contributed by atoms with Crippen LogP contribution in [0.3, 0.4) is 0 Å². The molecule has 0 aliphatic carbocycles. The largest absolute Gasteiger partial charge is 0.444 e. The van der Waals surface area contributed by atoms with E-state index in [4.69, 9.17) is 4.74 Å². The normalized spacial score (nSPS) is 17.5. The standard InChI is InChI=1S/C21H30N4O3/c1-21(2,3)28-20(27)25-13-7-8-15(14-25)19(26)22-12-6-11-18-23-16-9-4-5-10-17(16)24-18/h4-5,9-10,15H,6-8,11-14H2,1-3H3,(H,22,26)(H,23,24). The van der Waals surface area contributed by atoms with Crippen LogP contribution in [0.15, 0.2) is 24.3 Å². The summed E-state index contributed by atoms with van der Waals surface area (Å²) in [6.45, 7) is 7.21. The van der Waals surface area contributed by atoms with E-state index in [9.17, 15) is 9.59 Å². The number of aromatic amines is 1. The van der Waals surface area contributed by atoms with Crippen molar-refractivity contribution in [1.82, 2.24) is 20.2 Å². The molecular formula is C21H30N4O3. The lowest BCUT2D eigenvalue weighted by Gasteiger charge is -2.33. The third-order valence-corrected chi connectivity index (χ3v) is 4.77. The van der Waals surface area contributed by atoms with Gasteiger partial charge in [-0.1, -0.05) is 12.1 Å². The van der Waals surface area contributed by atoms with E-state index < -0.39 is 5.60 Å². The minimum Gasteiger partial charge on any atom is -0.444 e. The van der Waals surface area contributed by atoms with Gasteiger partial charge in [-0.05, 0) is 52.2 Å². The Balaban J connectivity index is 1.42. The second-order valence-electron chi connectivity index (χ2n) is 8.36. The third kappa shape index (κ3) is 5.47. The van der Waals surface area contributed by atoms with E-state index in [1.54, 1.807) is 4.90 Å². The van der Waals surface area contributed by atoms with Gasteiger partial charge in [-0.3, -0.25) is 4.79 Å². The number of H-pyrrole nitrogens is 1. The fourth-order valence-electron chi connectivity index (χ4n) is 3.42. The Morgan fingerprint density at radius 1 is 1.32 bits per heavy atom. The molecule has 1 aliphatic rings. The first kappa shape index (κ1) is 20.2. The molecule has 3 rings (SSSR count). The average molecular weight is 386 g/mol. The zero-order chi connectivity index (χ0) is 20.1. The van der Waals surface area contributed by atoms with E-state index >= 15 is 0 Å². The Bertz CT molecular complexity index is 791. The molecule has 7 heteroatoms. The molecule has 1 fully saturated rings. The van der Waals surface area contributed by atoms with Crippen LogP contribution in [-0.4, -0.2) is 52.1 Å². The average Bonchev–Trinajstić information content (AvgIpc) is 3.06. The molecule has 1 aromatic heterocycles. The van der Waals surface area contributed by atoms with Gasteiger partial charge in [0.15, 0.2) is 0 Å². The number of ether oxygens (including phenoxy) is 1. The van der Waals surface area contributed by atoms with E-state index in [0.717, 1.165) is 42.5 Å². The van der Waals surface area contributed by atoms with Crippen molar-refractivity contribution in [2.75, 3.05) is 19.6 Å². The van der Waals surface area contributed by atoms with Gasteiger partial charge in [0.2, 0.25) is 5.91 Å². The van der Waals surface area contributed by atoms with Crippen LogP contribution in [0, 0.1) is 5.92 Å². The van der Waals surface area contributed by atoms with Crippen molar-refractivity contribution >= 4 is 23.0 Å². The lowest BCUT2D eigenvalue weighted by Crippen LogP contribution is -2.47. The maximum absolute atomic E-state index is 12.5. The lowest BCUT2D eigenvalue weighted by molar-refractivity contribution is -0.126. The molecular weight excluding hydrogens is 356 g/mol. The van der Waals surface area contributed by atoms with Crippen molar-refractivity contribution in [2.45, 2.75) is 52.1 Å². The molecule has 2 heterocycles. The fourth-order valence-corrected chi connectivity index (χ4v) is 3.42. The van der Waals surface area contributed by atoms with E-state index in [1.807, 2.05) is 45.0 Å². The van der Waals surface area contributed by atoms with Crippen molar-refractivity contribution < 1.29 is 14.3 Å². The second-order valence-corrected chi connectivity index (χ2v) is 8.36. The number of carbonyl (C=O) groups is 2. The fraction of sp³-hybridized carbons (Fsp3) is 0.571. The van der Waals surface area contributed by atoms with Gasteiger partial charge in [0, 0.05) is 26.1 Å². The molecule has 2 aromatic rings. The molecule has 1 aliphatic heterocycles. The SMILES string of the molecule is CC(C)(C)OC(=O)N1CCCC(C(=O)NCCCc2nc3ccccc3[nH]2)C1. The van der Waals surface area contributed by atoms with Crippen LogP contribution in [0.1, 0.15) is 45.9 Å².